The van der Waals surface area contributed by atoms with Crippen molar-refractivity contribution in [2.24, 2.45) is 0 Å². The van der Waals surface area contributed by atoms with E-state index in [1.54, 1.807) is 22.6 Å². The van der Waals surface area contributed by atoms with E-state index in [1.165, 1.54) is 0 Å². The molecule has 0 saturated carbocycles. The second-order valence-electron chi connectivity index (χ2n) is 1.97. The minimum atomic E-state index is -2.68. The molecule has 0 atom stereocenters. The third-order valence-corrected chi connectivity index (χ3v) is 2.34. The fourth-order valence-electron chi connectivity index (χ4n) is 0.661. The first-order valence-electron chi connectivity index (χ1n) is 2.85. The molecular weight excluding hydrogens is 347 g/mol. The van der Waals surface area contributed by atoms with Crippen LogP contribution in [0.3, 0.4) is 0 Å². The number of pyridine rings is 1. The van der Waals surface area contributed by atoms with E-state index in [1.807, 2.05) is 0 Å². The highest BCUT2D eigenvalue weighted by Crippen LogP contribution is 2.32. The number of aromatic hydroxyl groups is 1. The summed E-state index contributed by atoms with van der Waals surface area (Å²) in [6.07, 6.45) is -2.68. The number of alkyl halides is 2. The first kappa shape index (κ1) is 10.1. The van der Waals surface area contributed by atoms with Gasteiger partial charge < -0.3 is 5.11 Å². The van der Waals surface area contributed by atoms with Crippen molar-refractivity contribution in [3.05, 3.63) is 19.9 Å². The van der Waals surface area contributed by atoms with Crippen LogP contribution in [0, 0.1) is 3.70 Å². The molecule has 0 saturated heterocycles. The van der Waals surface area contributed by atoms with E-state index in [9.17, 15) is 8.78 Å². The van der Waals surface area contributed by atoms with Crippen LogP contribution in [0.4, 0.5) is 8.78 Å². The van der Waals surface area contributed by atoms with Gasteiger partial charge in [0.25, 0.3) is 6.43 Å². The Bertz CT molecular complexity index is 308. The van der Waals surface area contributed by atoms with Crippen LogP contribution in [0.15, 0.2) is 10.7 Å². The molecule has 0 aliphatic carbocycles. The van der Waals surface area contributed by atoms with Gasteiger partial charge in [0.15, 0.2) is 5.75 Å². The lowest BCUT2D eigenvalue weighted by Crippen LogP contribution is -1.91. The van der Waals surface area contributed by atoms with E-state index in [0.29, 0.717) is 4.60 Å². The maximum absolute atomic E-state index is 12.2. The summed E-state index contributed by atoms with van der Waals surface area (Å²) in [4.78, 5) is 3.74. The summed E-state index contributed by atoms with van der Waals surface area (Å²) < 4.78 is 24.8. The van der Waals surface area contributed by atoms with Crippen molar-refractivity contribution in [3.8, 4) is 5.75 Å². The van der Waals surface area contributed by atoms with Crippen LogP contribution in [0.2, 0.25) is 0 Å². The van der Waals surface area contributed by atoms with Crippen LogP contribution < -0.4 is 0 Å². The summed E-state index contributed by atoms with van der Waals surface area (Å²) in [5.74, 6) is -0.450. The summed E-state index contributed by atoms with van der Waals surface area (Å²) in [5.41, 5.74) is -0.402. The van der Waals surface area contributed by atoms with Crippen LogP contribution in [0.5, 0.6) is 5.75 Å². The Morgan fingerprint density at radius 3 is 2.67 bits per heavy atom. The van der Waals surface area contributed by atoms with Gasteiger partial charge in [0, 0.05) is 0 Å². The van der Waals surface area contributed by atoms with Gasteiger partial charge in [0.05, 0.1) is 5.56 Å². The smallest absolute Gasteiger partial charge is 0.267 e. The summed E-state index contributed by atoms with van der Waals surface area (Å²) in [6.45, 7) is 0. The van der Waals surface area contributed by atoms with Crippen LogP contribution in [-0.4, -0.2) is 10.1 Å². The molecule has 0 radical (unpaired) electrons. The van der Waals surface area contributed by atoms with Crippen molar-refractivity contribution in [2.45, 2.75) is 6.43 Å². The highest BCUT2D eigenvalue weighted by Gasteiger charge is 2.16. The Labute approximate surface area is 89.3 Å². The third kappa shape index (κ3) is 2.03. The molecule has 0 aromatic carbocycles. The maximum Gasteiger partial charge on any atom is 0.267 e. The van der Waals surface area contributed by atoms with Crippen molar-refractivity contribution < 1.29 is 13.9 Å². The fraction of sp³-hybridized carbons (Fsp3) is 0.167. The monoisotopic (exact) mass is 349 g/mol. The normalized spacial score (nSPS) is 10.8. The molecule has 1 N–H and O–H groups in total. The SMILES string of the molecule is Oc1c(C(F)F)cc(Br)nc1I. The predicted molar refractivity (Wildman–Crippen MR) is 51.3 cm³/mol. The van der Waals surface area contributed by atoms with E-state index in [-0.39, 0.29) is 3.70 Å². The van der Waals surface area contributed by atoms with Gasteiger partial charge >= 0.3 is 0 Å². The molecule has 0 fully saturated rings. The molecule has 0 aliphatic rings. The highest BCUT2D eigenvalue weighted by molar-refractivity contribution is 14.1. The van der Waals surface area contributed by atoms with Gasteiger partial charge in [-0.3, -0.25) is 0 Å². The molecule has 1 aromatic rings. The quantitative estimate of drug-likeness (QED) is 0.624. The average molecular weight is 350 g/mol. The van der Waals surface area contributed by atoms with Crippen molar-refractivity contribution in [1.29, 1.82) is 0 Å². The van der Waals surface area contributed by atoms with E-state index < -0.39 is 17.7 Å². The molecule has 6 heteroatoms. The lowest BCUT2D eigenvalue weighted by molar-refractivity contribution is 0.147. The lowest BCUT2D eigenvalue weighted by Gasteiger charge is -2.04. The van der Waals surface area contributed by atoms with Crippen molar-refractivity contribution >= 4 is 38.5 Å². The molecule has 1 aromatic heterocycles. The molecule has 2 nitrogen and oxygen atoms in total. The molecule has 0 aliphatic heterocycles. The number of hydrogen-bond acceptors (Lipinski definition) is 2. The van der Waals surface area contributed by atoms with E-state index in [0.717, 1.165) is 6.07 Å². The Hall–Kier alpha value is 0.0200. The zero-order valence-corrected chi connectivity index (χ0v) is 9.30. The van der Waals surface area contributed by atoms with Crippen molar-refractivity contribution in [3.63, 3.8) is 0 Å². The Balaban J connectivity index is 3.28. The summed E-state index contributed by atoms with van der Waals surface area (Å²) in [7, 11) is 0. The van der Waals surface area contributed by atoms with Gasteiger partial charge in [0.2, 0.25) is 0 Å². The van der Waals surface area contributed by atoms with Crippen molar-refractivity contribution in [2.75, 3.05) is 0 Å². The Kier molecular flexibility index (Phi) is 3.22. The summed E-state index contributed by atoms with van der Waals surface area (Å²) in [6, 6.07) is 1.10. The first-order chi connectivity index (χ1) is 5.52. The molecule has 0 spiro atoms. The van der Waals surface area contributed by atoms with Gasteiger partial charge in [-0.2, -0.15) is 0 Å². The van der Waals surface area contributed by atoms with Gasteiger partial charge in [0.1, 0.15) is 8.30 Å². The second kappa shape index (κ2) is 3.82. The van der Waals surface area contributed by atoms with Crippen LogP contribution in [0.25, 0.3) is 0 Å². The summed E-state index contributed by atoms with van der Waals surface area (Å²) >= 11 is 4.64. The topological polar surface area (TPSA) is 33.1 Å². The molecule has 0 bridgehead atoms. The Morgan fingerprint density at radius 1 is 1.58 bits per heavy atom. The van der Waals surface area contributed by atoms with Gasteiger partial charge in [-0.25, -0.2) is 13.8 Å². The van der Waals surface area contributed by atoms with Gasteiger partial charge in [-0.1, -0.05) is 0 Å². The summed E-state index contributed by atoms with van der Waals surface area (Å²) in [5, 5.41) is 9.12. The molecule has 1 rings (SSSR count). The minimum absolute atomic E-state index is 0.164. The van der Waals surface area contributed by atoms with E-state index >= 15 is 0 Å². The number of rotatable bonds is 1. The molecule has 0 amide bonds. The fourth-order valence-corrected chi connectivity index (χ4v) is 1.99. The number of halogens is 4. The zero-order valence-electron chi connectivity index (χ0n) is 5.56. The Morgan fingerprint density at radius 2 is 2.17 bits per heavy atom. The zero-order chi connectivity index (χ0) is 9.30. The van der Waals surface area contributed by atoms with Crippen LogP contribution in [0.1, 0.15) is 12.0 Å². The highest BCUT2D eigenvalue weighted by atomic mass is 127. The predicted octanol–water partition coefficient (Wildman–Crippen LogP) is 3.09. The largest absolute Gasteiger partial charge is 0.505 e. The lowest BCUT2D eigenvalue weighted by atomic mass is 10.2. The average Bonchev–Trinajstić information content (AvgIpc) is 1.96. The number of hydrogen-bond donors (Lipinski definition) is 1. The van der Waals surface area contributed by atoms with Gasteiger partial charge in [-0.15, -0.1) is 0 Å². The van der Waals surface area contributed by atoms with Crippen LogP contribution in [-0.2, 0) is 0 Å². The van der Waals surface area contributed by atoms with Crippen LogP contribution >= 0.6 is 38.5 Å². The van der Waals surface area contributed by atoms with Gasteiger partial charge in [-0.05, 0) is 44.6 Å². The third-order valence-electron chi connectivity index (χ3n) is 1.18. The second-order valence-corrected chi connectivity index (χ2v) is 3.81. The molecule has 1 heterocycles. The standard InChI is InChI=1S/C6H3BrF2INO/c7-3-1-2(5(8)9)4(12)6(10)11-3/h1,5,12H. The number of aromatic nitrogens is 1. The molecule has 12 heavy (non-hydrogen) atoms. The maximum atomic E-state index is 12.2. The number of nitrogens with zero attached hydrogens (tertiary/aromatic N) is 1. The molecule has 66 valence electrons. The minimum Gasteiger partial charge on any atom is -0.505 e. The molecular formula is C6H3BrF2INO. The van der Waals surface area contributed by atoms with Crippen molar-refractivity contribution in [1.82, 2.24) is 4.98 Å². The first-order valence-corrected chi connectivity index (χ1v) is 4.72. The molecule has 0 unspecified atom stereocenters. The van der Waals surface area contributed by atoms with E-state index in [4.69, 9.17) is 5.11 Å². The van der Waals surface area contributed by atoms with E-state index in [2.05, 4.69) is 20.9 Å².